The quantitative estimate of drug-likeness (QED) is 0.713. The zero-order valence-electron chi connectivity index (χ0n) is 16.4. The fourth-order valence-electron chi connectivity index (χ4n) is 3.66. The molecular weight excluding hydrogens is 368 g/mol. The van der Waals surface area contributed by atoms with Crippen molar-refractivity contribution in [1.29, 1.82) is 0 Å². The Kier molecular flexibility index (Phi) is 4.59. The average Bonchev–Trinajstić information content (AvgIpc) is 3.28. The summed E-state index contributed by atoms with van der Waals surface area (Å²) in [6, 6.07) is 2.25. The molecule has 0 unspecified atom stereocenters. The number of carbonyl (C=O) groups excluding carboxylic acids is 1. The topological polar surface area (TPSA) is 93.8 Å². The van der Waals surface area contributed by atoms with Crippen molar-refractivity contribution in [1.82, 2.24) is 34.4 Å². The molecule has 0 amide bonds. The van der Waals surface area contributed by atoms with E-state index in [0.717, 1.165) is 55.7 Å². The van der Waals surface area contributed by atoms with Crippen LogP contribution in [0.2, 0.25) is 0 Å². The van der Waals surface area contributed by atoms with Crippen molar-refractivity contribution in [2.75, 3.05) is 25.5 Å². The molecule has 1 saturated heterocycles. The third kappa shape index (κ3) is 3.91. The highest BCUT2D eigenvalue weighted by Crippen LogP contribution is 2.31. The number of rotatable bonds is 5. The van der Waals surface area contributed by atoms with Crippen LogP contribution in [0.3, 0.4) is 0 Å². The van der Waals surface area contributed by atoms with E-state index in [4.69, 9.17) is 0 Å². The number of nitrogens with one attached hydrogen (secondary N) is 1. The molecule has 0 aromatic carbocycles. The Bertz CT molecular complexity index is 1010. The lowest BCUT2D eigenvalue weighted by atomic mass is 10.1. The highest BCUT2D eigenvalue weighted by Gasteiger charge is 2.31. The molecule has 0 radical (unpaired) electrons. The summed E-state index contributed by atoms with van der Waals surface area (Å²) in [6.07, 6.45) is 13.1. The summed E-state index contributed by atoms with van der Waals surface area (Å²) in [6.45, 7) is 2.19. The highest BCUT2D eigenvalue weighted by atomic mass is 16.2. The first-order chi connectivity index (χ1) is 14.2. The minimum absolute atomic E-state index is 0.0602. The zero-order chi connectivity index (χ0) is 19.8. The van der Waals surface area contributed by atoms with Gasteiger partial charge < -0.3 is 10.2 Å². The van der Waals surface area contributed by atoms with Crippen molar-refractivity contribution in [3.63, 3.8) is 0 Å². The van der Waals surface area contributed by atoms with Gasteiger partial charge in [-0.1, -0.05) is 0 Å². The van der Waals surface area contributed by atoms with E-state index in [2.05, 4.69) is 37.4 Å². The molecule has 3 aromatic rings. The van der Waals surface area contributed by atoms with Gasteiger partial charge in [-0.3, -0.25) is 9.48 Å². The maximum absolute atomic E-state index is 12.2. The summed E-state index contributed by atoms with van der Waals surface area (Å²) in [5, 5.41) is 11.9. The van der Waals surface area contributed by atoms with Gasteiger partial charge in [0.05, 0.1) is 29.8 Å². The normalized spacial score (nSPS) is 18.1. The van der Waals surface area contributed by atoms with E-state index in [1.54, 1.807) is 24.8 Å². The Balaban J connectivity index is 1.29. The second-order valence-electron chi connectivity index (χ2n) is 7.92. The standard InChI is InChI=1S/C20H24N8O/c1-26-8-5-17(6-9-26)27-13-16(11-23-27)24-20-21-7-4-18(25-20)15-10-22-28(12-15)19(29)14-2-3-14/h4,7,10-14,17H,2-3,5-6,8-9H2,1H3,(H,21,24,25). The number of likely N-dealkylation sites (tertiary alicyclic amines) is 1. The SMILES string of the molecule is CN1CCC(n2cc(Nc3nccc(-c4cnn(C(=O)C5CC5)c4)n3)cn2)CC1. The fourth-order valence-corrected chi connectivity index (χ4v) is 3.66. The van der Waals surface area contributed by atoms with Crippen LogP contribution in [-0.2, 0) is 0 Å². The van der Waals surface area contributed by atoms with Crippen molar-refractivity contribution in [3.8, 4) is 11.3 Å². The van der Waals surface area contributed by atoms with Crippen LogP contribution in [-0.4, -0.2) is 60.5 Å². The summed E-state index contributed by atoms with van der Waals surface area (Å²) in [7, 11) is 2.15. The van der Waals surface area contributed by atoms with Crippen LogP contribution in [0.25, 0.3) is 11.3 Å². The zero-order valence-corrected chi connectivity index (χ0v) is 16.4. The van der Waals surface area contributed by atoms with Gasteiger partial charge in [0, 0.05) is 30.1 Å². The van der Waals surface area contributed by atoms with E-state index >= 15 is 0 Å². The molecule has 1 saturated carbocycles. The number of hydrogen-bond acceptors (Lipinski definition) is 7. The first-order valence-corrected chi connectivity index (χ1v) is 10.1. The molecule has 0 bridgehead atoms. The summed E-state index contributed by atoms with van der Waals surface area (Å²) in [5.74, 6) is 0.683. The Labute approximate surface area is 168 Å². The van der Waals surface area contributed by atoms with E-state index in [1.165, 1.54) is 4.68 Å². The third-order valence-electron chi connectivity index (χ3n) is 5.61. The number of aromatic nitrogens is 6. The first-order valence-electron chi connectivity index (χ1n) is 10.1. The summed E-state index contributed by atoms with van der Waals surface area (Å²) < 4.78 is 3.46. The smallest absolute Gasteiger partial charge is 0.249 e. The van der Waals surface area contributed by atoms with Crippen molar-refractivity contribution < 1.29 is 4.79 Å². The second-order valence-corrected chi connectivity index (χ2v) is 7.92. The third-order valence-corrected chi connectivity index (χ3v) is 5.61. The number of hydrogen-bond donors (Lipinski definition) is 1. The minimum atomic E-state index is 0.0602. The molecule has 29 heavy (non-hydrogen) atoms. The Morgan fingerprint density at radius 3 is 2.72 bits per heavy atom. The van der Waals surface area contributed by atoms with Crippen molar-refractivity contribution in [2.24, 2.45) is 5.92 Å². The Hall–Kier alpha value is -3.07. The Morgan fingerprint density at radius 2 is 1.93 bits per heavy atom. The van der Waals surface area contributed by atoms with Gasteiger partial charge in [0.25, 0.3) is 0 Å². The van der Waals surface area contributed by atoms with Gasteiger partial charge in [0.15, 0.2) is 0 Å². The molecule has 3 aromatic heterocycles. The average molecular weight is 392 g/mol. The van der Waals surface area contributed by atoms with Crippen LogP contribution >= 0.6 is 0 Å². The lowest BCUT2D eigenvalue weighted by Crippen LogP contribution is -2.31. The van der Waals surface area contributed by atoms with Gasteiger partial charge in [-0.05, 0) is 51.9 Å². The molecule has 1 N–H and O–H groups in total. The molecule has 9 heteroatoms. The molecular formula is C20H24N8O. The summed E-state index contributed by atoms with van der Waals surface area (Å²) in [4.78, 5) is 23.4. The van der Waals surface area contributed by atoms with Gasteiger partial charge in [-0.25, -0.2) is 14.6 Å². The van der Waals surface area contributed by atoms with Crippen LogP contribution in [0.15, 0.2) is 37.1 Å². The second kappa shape index (κ2) is 7.40. The van der Waals surface area contributed by atoms with Crippen LogP contribution in [0.5, 0.6) is 0 Å². The van der Waals surface area contributed by atoms with Gasteiger partial charge >= 0.3 is 0 Å². The van der Waals surface area contributed by atoms with Crippen molar-refractivity contribution in [3.05, 3.63) is 37.1 Å². The molecule has 5 rings (SSSR count). The van der Waals surface area contributed by atoms with Gasteiger partial charge in [0.2, 0.25) is 11.9 Å². The lowest BCUT2D eigenvalue weighted by Gasteiger charge is -2.28. The molecule has 0 atom stereocenters. The monoisotopic (exact) mass is 392 g/mol. The predicted octanol–water partition coefficient (Wildman–Crippen LogP) is 2.60. The number of piperidine rings is 1. The summed E-state index contributed by atoms with van der Waals surface area (Å²) in [5.41, 5.74) is 2.38. The van der Waals surface area contributed by atoms with Crippen molar-refractivity contribution >= 4 is 17.5 Å². The molecule has 9 nitrogen and oxygen atoms in total. The van der Waals surface area contributed by atoms with E-state index in [9.17, 15) is 4.79 Å². The van der Waals surface area contributed by atoms with E-state index < -0.39 is 0 Å². The lowest BCUT2D eigenvalue weighted by molar-refractivity contribution is 0.0870. The predicted molar refractivity (Wildman–Crippen MR) is 108 cm³/mol. The number of anilines is 2. The van der Waals surface area contributed by atoms with E-state index in [-0.39, 0.29) is 11.8 Å². The fraction of sp³-hybridized carbons (Fsp3) is 0.450. The van der Waals surface area contributed by atoms with Gasteiger partial charge in [-0.15, -0.1) is 0 Å². The Morgan fingerprint density at radius 1 is 1.10 bits per heavy atom. The molecule has 0 spiro atoms. The van der Waals surface area contributed by atoms with E-state index in [1.807, 2.05) is 16.9 Å². The van der Waals surface area contributed by atoms with Crippen LogP contribution in [0.1, 0.15) is 36.5 Å². The summed E-state index contributed by atoms with van der Waals surface area (Å²) >= 11 is 0. The molecule has 1 aliphatic carbocycles. The number of nitrogens with zero attached hydrogens (tertiary/aromatic N) is 7. The van der Waals surface area contributed by atoms with E-state index in [0.29, 0.717) is 12.0 Å². The largest absolute Gasteiger partial charge is 0.321 e. The maximum Gasteiger partial charge on any atom is 0.249 e. The van der Waals surface area contributed by atoms with Crippen LogP contribution in [0.4, 0.5) is 11.6 Å². The van der Waals surface area contributed by atoms with Gasteiger partial charge in [-0.2, -0.15) is 10.2 Å². The molecule has 2 fully saturated rings. The first kappa shape index (κ1) is 18.0. The molecule has 1 aliphatic heterocycles. The van der Waals surface area contributed by atoms with Gasteiger partial charge in [0.1, 0.15) is 0 Å². The van der Waals surface area contributed by atoms with Crippen LogP contribution in [0, 0.1) is 5.92 Å². The maximum atomic E-state index is 12.2. The molecule has 2 aliphatic rings. The number of carbonyl (C=O) groups is 1. The minimum Gasteiger partial charge on any atom is -0.321 e. The highest BCUT2D eigenvalue weighted by molar-refractivity contribution is 5.83. The molecule has 4 heterocycles. The van der Waals surface area contributed by atoms with Crippen molar-refractivity contribution in [2.45, 2.75) is 31.7 Å². The van der Waals surface area contributed by atoms with Crippen LogP contribution < -0.4 is 5.32 Å². The molecule has 150 valence electrons.